The molecule has 1 aliphatic rings. The fourth-order valence-corrected chi connectivity index (χ4v) is 2.78. The molecule has 1 aromatic carbocycles. The number of hydrogen-bond acceptors (Lipinski definition) is 3. The number of carboxylic acid groups (broad SMARTS) is 1. The van der Waals surface area contributed by atoms with Crippen LogP contribution in [0.1, 0.15) is 37.2 Å². The summed E-state index contributed by atoms with van der Waals surface area (Å²) in [6.45, 7) is 3.65. The van der Waals surface area contributed by atoms with Crippen LogP contribution in [0, 0.1) is 5.92 Å². The summed E-state index contributed by atoms with van der Waals surface area (Å²) in [5.41, 5.74) is 1.21. The van der Waals surface area contributed by atoms with Crippen molar-refractivity contribution in [1.82, 2.24) is 0 Å². The van der Waals surface area contributed by atoms with Crippen LogP contribution in [0.25, 0.3) is 0 Å². The van der Waals surface area contributed by atoms with Crippen LogP contribution in [0.4, 0.5) is 0 Å². The molecule has 1 aliphatic carbocycles. The van der Waals surface area contributed by atoms with Crippen molar-refractivity contribution in [2.45, 2.75) is 31.6 Å². The van der Waals surface area contributed by atoms with E-state index in [1.54, 1.807) is 12.1 Å². The van der Waals surface area contributed by atoms with Crippen LogP contribution in [0.2, 0.25) is 0 Å². The average Bonchev–Trinajstić information content (AvgIpc) is 2.41. The normalized spacial score (nSPS) is 22.9. The maximum atomic E-state index is 11.0. The van der Waals surface area contributed by atoms with E-state index < -0.39 is 5.97 Å². The van der Waals surface area contributed by atoms with Gasteiger partial charge in [-0.1, -0.05) is 19.1 Å². The maximum absolute atomic E-state index is 11.0. The molecule has 4 nitrogen and oxygen atoms in total. The summed E-state index contributed by atoms with van der Waals surface area (Å²) >= 11 is 0. The summed E-state index contributed by atoms with van der Waals surface area (Å²) in [6, 6.07) is 4.82. The van der Waals surface area contributed by atoms with Gasteiger partial charge in [0.05, 0.1) is 0 Å². The van der Waals surface area contributed by atoms with Crippen LogP contribution in [0.15, 0.2) is 30.4 Å². The standard InChI is InChI=1S/C15H18O4/c1-9(15(18)19)10-3-2-4-11(7-10)12-5-6-13(16)14(17)8-12/h5-6,8,10-11,16-17H,1-4,7H2,(H,18,19). The van der Waals surface area contributed by atoms with E-state index >= 15 is 0 Å². The minimum absolute atomic E-state index is 0.00723. The van der Waals surface area contributed by atoms with Gasteiger partial charge in [0.2, 0.25) is 0 Å². The second-order valence-electron chi connectivity index (χ2n) is 5.14. The lowest BCUT2D eigenvalue weighted by Crippen LogP contribution is -2.19. The van der Waals surface area contributed by atoms with Gasteiger partial charge in [0.25, 0.3) is 0 Å². The number of carboxylic acids is 1. The number of benzene rings is 1. The van der Waals surface area contributed by atoms with Gasteiger partial charge < -0.3 is 15.3 Å². The first-order valence-corrected chi connectivity index (χ1v) is 6.43. The van der Waals surface area contributed by atoms with Gasteiger partial charge in [-0.2, -0.15) is 0 Å². The van der Waals surface area contributed by atoms with Crippen molar-refractivity contribution in [1.29, 1.82) is 0 Å². The van der Waals surface area contributed by atoms with Gasteiger partial charge in [-0.25, -0.2) is 4.79 Å². The monoisotopic (exact) mass is 262 g/mol. The lowest BCUT2D eigenvalue weighted by atomic mass is 9.75. The van der Waals surface area contributed by atoms with E-state index in [4.69, 9.17) is 5.11 Å². The van der Waals surface area contributed by atoms with Gasteiger partial charge >= 0.3 is 5.97 Å². The van der Waals surface area contributed by atoms with Gasteiger partial charge in [0, 0.05) is 5.57 Å². The Bertz CT molecular complexity index is 507. The molecule has 2 atom stereocenters. The summed E-state index contributed by atoms with van der Waals surface area (Å²) in [5, 5.41) is 27.8. The lowest BCUT2D eigenvalue weighted by Gasteiger charge is -2.29. The van der Waals surface area contributed by atoms with Crippen molar-refractivity contribution in [3.05, 3.63) is 35.9 Å². The Balaban J connectivity index is 2.14. The highest BCUT2D eigenvalue weighted by molar-refractivity contribution is 5.86. The van der Waals surface area contributed by atoms with Crippen molar-refractivity contribution in [2.75, 3.05) is 0 Å². The van der Waals surface area contributed by atoms with E-state index in [-0.39, 0.29) is 28.9 Å². The first-order chi connectivity index (χ1) is 8.99. The third-order valence-electron chi connectivity index (χ3n) is 3.91. The van der Waals surface area contributed by atoms with Crippen LogP contribution in [0.5, 0.6) is 11.5 Å². The number of carbonyl (C=O) groups is 1. The molecule has 19 heavy (non-hydrogen) atoms. The van der Waals surface area contributed by atoms with E-state index in [2.05, 4.69) is 6.58 Å². The number of phenolic OH excluding ortho intramolecular Hbond substituents is 2. The van der Waals surface area contributed by atoms with Gasteiger partial charge in [-0.15, -0.1) is 0 Å². The van der Waals surface area contributed by atoms with E-state index in [9.17, 15) is 15.0 Å². The SMILES string of the molecule is C=C(C(=O)O)C1CCCC(c2ccc(O)c(O)c2)C1. The van der Waals surface area contributed by atoms with Crippen molar-refractivity contribution >= 4 is 5.97 Å². The van der Waals surface area contributed by atoms with Crippen molar-refractivity contribution in [2.24, 2.45) is 5.92 Å². The average molecular weight is 262 g/mol. The Morgan fingerprint density at radius 2 is 1.95 bits per heavy atom. The molecule has 4 heteroatoms. The number of phenols is 2. The molecule has 0 amide bonds. The number of aliphatic carboxylic acids is 1. The number of hydrogen-bond donors (Lipinski definition) is 3. The Kier molecular flexibility index (Phi) is 3.79. The zero-order chi connectivity index (χ0) is 14.0. The van der Waals surface area contributed by atoms with Crippen molar-refractivity contribution in [3.8, 4) is 11.5 Å². The Labute approximate surface area is 112 Å². The molecule has 3 N–H and O–H groups in total. The van der Waals surface area contributed by atoms with E-state index in [1.807, 2.05) is 0 Å². The molecular formula is C15H18O4. The van der Waals surface area contributed by atoms with Crippen molar-refractivity contribution in [3.63, 3.8) is 0 Å². The highest BCUT2D eigenvalue weighted by atomic mass is 16.4. The molecule has 1 fully saturated rings. The third kappa shape index (κ3) is 2.89. The van der Waals surface area contributed by atoms with Crippen molar-refractivity contribution < 1.29 is 20.1 Å². The van der Waals surface area contributed by atoms with E-state index in [0.29, 0.717) is 0 Å². The van der Waals surface area contributed by atoms with Crippen LogP contribution >= 0.6 is 0 Å². The molecule has 0 heterocycles. The minimum atomic E-state index is -0.931. The van der Waals surface area contributed by atoms with Gasteiger partial charge in [-0.3, -0.25) is 0 Å². The molecule has 102 valence electrons. The first-order valence-electron chi connectivity index (χ1n) is 6.43. The smallest absolute Gasteiger partial charge is 0.331 e. The summed E-state index contributed by atoms with van der Waals surface area (Å²) in [7, 11) is 0. The summed E-state index contributed by atoms with van der Waals surface area (Å²) in [5.74, 6) is -0.990. The molecule has 0 saturated heterocycles. The molecule has 1 saturated carbocycles. The van der Waals surface area contributed by atoms with Crippen LogP contribution < -0.4 is 0 Å². The molecule has 0 spiro atoms. The van der Waals surface area contributed by atoms with E-state index in [1.165, 1.54) is 6.07 Å². The predicted octanol–water partition coefficient (Wildman–Crippen LogP) is 3.01. The fraction of sp³-hybridized carbons (Fsp3) is 0.400. The minimum Gasteiger partial charge on any atom is -0.504 e. The quantitative estimate of drug-likeness (QED) is 0.578. The largest absolute Gasteiger partial charge is 0.504 e. The highest BCUT2D eigenvalue weighted by Crippen LogP contribution is 2.40. The predicted molar refractivity (Wildman–Crippen MR) is 71.2 cm³/mol. The molecule has 2 rings (SSSR count). The first kappa shape index (κ1) is 13.5. The number of rotatable bonds is 3. The summed E-state index contributed by atoms with van der Waals surface area (Å²) in [4.78, 5) is 11.0. The molecule has 0 radical (unpaired) electrons. The molecule has 0 aromatic heterocycles. The Morgan fingerprint density at radius 1 is 1.21 bits per heavy atom. The zero-order valence-electron chi connectivity index (χ0n) is 10.7. The highest BCUT2D eigenvalue weighted by Gasteiger charge is 2.27. The molecule has 2 unspecified atom stereocenters. The molecular weight excluding hydrogens is 244 g/mol. The van der Waals surface area contributed by atoms with Crippen LogP contribution in [0.3, 0.4) is 0 Å². The summed E-state index contributed by atoms with van der Waals surface area (Å²) in [6.07, 6.45) is 3.50. The van der Waals surface area contributed by atoms with Gasteiger partial charge in [0.1, 0.15) is 0 Å². The van der Waals surface area contributed by atoms with Crippen LogP contribution in [-0.2, 0) is 4.79 Å². The number of aromatic hydroxyl groups is 2. The second-order valence-corrected chi connectivity index (χ2v) is 5.14. The summed E-state index contributed by atoms with van der Waals surface area (Å²) < 4.78 is 0. The molecule has 0 bridgehead atoms. The topological polar surface area (TPSA) is 77.8 Å². The second kappa shape index (κ2) is 5.34. The van der Waals surface area contributed by atoms with E-state index in [0.717, 1.165) is 31.2 Å². The Morgan fingerprint density at radius 3 is 2.58 bits per heavy atom. The maximum Gasteiger partial charge on any atom is 0.331 e. The molecule has 1 aromatic rings. The van der Waals surface area contributed by atoms with Gasteiger partial charge in [0.15, 0.2) is 11.5 Å². The lowest BCUT2D eigenvalue weighted by molar-refractivity contribution is -0.133. The Hall–Kier alpha value is -1.97. The third-order valence-corrected chi connectivity index (χ3v) is 3.91. The molecule has 0 aliphatic heterocycles. The fourth-order valence-electron chi connectivity index (χ4n) is 2.78. The van der Waals surface area contributed by atoms with Gasteiger partial charge in [-0.05, 0) is 48.8 Å². The zero-order valence-corrected chi connectivity index (χ0v) is 10.7. The van der Waals surface area contributed by atoms with Crippen LogP contribution in [-0.4, -0.2) is 21.3 Å².